The molecule has 0 saturated heterocycles. The molecule has 3 rings (SSSR count). The zero-order chi connectivity index (χ0) is 14.8. The molecule has 4 heteroatoms. The van der Waals surface area contributed by atoms with Gasteiger partial charge in [-0.1, -0.05) is 24.3 Å². The predicted molar refractivity (Wildman–Crippen MR) is 82.9 cm³/mol. The molecule has 0 amide bonds. The smallest absolute Gasteiger partial charge is 0.162 e. The van der Waals surface area contributed by atoms with E-state index in [4.69, 9.17) is 9.47 Å². The molecule has 4 nitrogen and oxygen atoms in total. The van der Waals surface area contributed by atoms with Gasteiger partial charge in [-0.25, -0.2) is 4.98 Å². The molecule has 0 aliphatic rings. The fourth-order valence-electron chi connectivity index (χ4n) is 2.35. The third kappa shape index (κ3) is 2.57. The summed E-state index contributed by atoms with van der Waals surface area (Å²) < 4.78 is 11.3. The zero-order valence-corrected chi connectivity index (χ0v) is 12.4. The molecule has 0 aliphatic heterocycles. The third-order valence-electron chi connectivity index (χ3n) is 3.49. The first-order chi connectivity index (χ1) is 10.2. The minimum absolute atomic E-state index is 0.187. The van der Waals surface area contributed by atoms with Crippen LogP contribution in [-0.4, -0.2) is 17.1 Å². The summed E-state index contributed by atoms with van der Waals surface area (Å²) in [4.78, 5) is 7.96. The number of nitrogens with one attached hydrogen (secondary N) is 1. The summed E-state index contributed by atoms with van der Waals surface area (Å²) in [6.07, 6.45) is -0.187. The molecule has 1 aromatic heterocycles. The maximum Gasteiger partial charge on any atom is 0.162 e. The van der Waals surface area contributed by atoms with Gasteiger partial charge in [-0.05, 0) is 37.6 Å². The van der Waals surface area contributed by atoms with E-state index in [1.54, 1.807) is 7.11 Å². The molecule has 0 fully saturated rings. The Kier molecular flexibility index (Phi) is 3.52. The van der Waals surface area contributed by atoms with Crippen molar-refractivity contribution in [3.63, 3.8) is 0 Å². The van der Waals surface area contributed by atoms with Gasteiger partial charge in [0.2, 0.25) is 0 Å². The first-order valence-electron chi connectivity index (χ1n) is 6.94. The highest BCUT2D eigenvalue weighted by Gasteiger charge is 2.15. The van der Waals surface area contributed by atoms with Gasteiger partial charge in [0.25, 0.3) is 0 Å². The molecule has 1 atom stereocenters. The number of rotatable bonds is 4. The maximum absolute atomic E-state index is 5.97. The van der Waals surface area contributed by atoms with Crippen LogP contribution >= 0.6 is 0 Å². The lowest BCUT2D eigenvalue weighted by Crippen LogP contribution is -2.06. The highest BCUT2D eigenvalue weighted by atomic mass is 16.5. The average molecular weight is 282 g/mol. The molecule has 0 saturated carbocycles. The number of benzene rings is 2. The topological polar surface area (TPSA) is 47.1 Å². The zero-order valence-electron chi connectivity index (χ0n) is 12.4. The summed E-state index contributed by atoms with van der Waals surface area (Å²) >= 11 is 0. The van der Waals surface area contributed by atoms with E-state index in [0.717, 1.165) is 28.2 Å². The Morgan fingerprint density at radius 2 is 1.81 bits per heavy atom. The quantitative estimate of drug-likeness (QED) is 0.786. The van der Waals surface area contributed by atoms with Gasteiger partial charge in [-0.3, -0.25) is 0 Å². The molecule has 0 bridgehead atoms. The lowest BCUT2D eigenvalue weighted by atomic mass is 10.2. The number of nitrogens with zero attached hydrogens (tertiary/aromatic N) is 1. The molecular formula is C17H18N2O2. The summed E-state index contributed by atoms with van der Waals surface area (Å²) in [5.41, 5.74) is 3.17. The summed E-state index contributed by atoms with van der Waals surface area (Å²) in [7, 11) is 1.64. The second-order valence-electron chi connectivity index (χ2n) is 5.00. The average Bonchev–Trinajstić information content (AvgIpc) is 2.93. The summed E-state index contributed by atoms with van der Waals surface area (Å²) in [6, 6.07) is 13.7. The van der Waals surface area contributed by atoms with Crippen molar-refractivity contribution in [2.45, 2.75) is 20.0 Å². The summed E-state index contributed by atoms with van der Waals surface area (Å²) in [6.45, 7) is 4.03. The largest absolute Gasteiger partial charge is 0.493 e. The molecular weight excluding hydrogens is 264 g/mol. The predicted octanol–water partition coefficient (Wildman–Crippen LogP) is 4.02. The monoisotopic (exact) mass is 282 g/mol. The Labute approximate surface area is 123 Å². The number of methoxy groups -OCH3 is 1. The first kappa shape index (κ1) is 13.5. The molecule has 3 aromatic rings. The van der Waals surface area contributed by atoms with E-state index >= 15 is 0 Å². The number of para-hydroxylation sites is 3. The second kappa shape index (κ2) is 5.48. The van der Waals surface area contributed by atoms with Crippen LogP contribution in [0.1, 0.15) is 24.4 Å². The lowest BCUT2D eigenvalue weighted by molar-refractivity contribution is 0.208. The Hall–Kier alpha value is -2.49. The molecule has 1 unspecified atom stereocenters. The van der Waals surface area contributed by atoms with Crippen LogP contribution in [0.2, 0.25) is 0 Å². The molecule has 0 radical (unpaired) electrons. The minimum atomic E-state index is -0.187. The van der Waals surface area contributed by atoms with Crippen LogP contribution in [-0.2, 0) is 0 Å². The van der Waals surface area contributed by atoms with Crippen LogP contribution in [0.15, 0.2) is 42.5 Å². The van der Waals surface area contributed by atoms with Crippen LogP contribution in [0, 0.1) is 6.92 Å². The van der Waals surface area contributed by atoms with E-state index < -0.39 is 0 Å². The normalized spacial score (nSPS) is 12.3. The number of H-pyrrole nitrogens is 1. The Morgan fingerprint density at radius 1 is 1.05 bits per heavy atom. The number of hydrogen-bond acceptors (Lipinski definition) is 3. The van der Waals surface area contributed by atoms with Gasteiger partial charge in [0, 0.05) is 0 Å². The maximum atomic E-state index is 5.97. The van der Waals surface area contributed by atoms with Gasteiger partial charge in [-0.2, -0.15) is 0 Å². The van der Waals surface area contributed by atoms with Crippen molar-refractivity contribution < 1.29 is 9.47 Å². The molecule has 1 N–H and O–H groups in total. The number of imidazole rings is 1. The van der Waals surface area contributed by atoms with E-state index in [-0.39, 0.29) is 6.10 Å². The number of hydrogen-bond donors (Lipinski definition) is 1. The van der Waals surface area contributed by atoms with Crippen molar-refractivity contribution in [3.05, 3.63) is 53.9 Å². The van der Waals surface area contributed by atoms with Crippen molar-refractivity contribution in [2.24, 2.45) is 0 Å². The first-order valence-corrected chi connectivity index (χ1v) is 6.94. The molecule has 2 aromatic carbocycles. The van der Waals surface area contributed by atoms with Crippen molar-refractivity contribution in [1.29, 1.82) is 0 Å². The van der Waals surface area contributed by atoms with Crippen LogP contribution < -0.4 is 9.47 Å². The standard InChI is InChI=1S/C17H18N2O2/c1-11-7-6-8-13-16(11)19-17(18-13)12(2)21-15-10-5-4-9-14(15)20-3/h4-10,12H,1-3H3,(H,18,19). The molecule has 21 heavy (non-hydrogen) atoms. The van der Waals surface area contributed by atoms with Crippen molar-refractivity contribution in [1.82, 2.24) is 9.97 Å². The van der Waals surface area contributed by atoms with Crippen LogP contribution in [0.4, 0.5) is 0 Å². The molecule has 0 aliphatic carbocycles. The van der Waals surface area contributed by atoms with Gasteiger partial charge in [0.15, 0.2) is 17.6 Å². The third-order valence-corrected chi connectivity index (χ3v) is 3.49. The van der Waals surface area contributed by atoms with Crippen molar-refractivity contribution in [2.75, 3.05) is 7.11 Å². The number of fused-ring (bicyclic) bond motifs is 1. The van der Waals surface area contributed by atoms with Gasteiger partial charge in [-0.15, -0.1) is 0 Å². The Balaban J connectivity index is 1.90. The Bertz CT molecular complexity index is 764. The molecule has 0 spiro atoms. The fourth-order valence-corrected chi connectivity index (χ4v) is 2.35. The lowest BCUT2D eigenvalue weighted by Gasteiger charge is -2.14. The SMILES string of the molecule is COc1ccccc1OC(C)c1nc2c(C)cccc2[nH]1. The highest BCUT2D eigenvalue weighted by molar-refractivity contribution is 5.78. The number of aromatic nitrogens is 2. The summed E-state index contributed by atoms with van der Waals surface area (Å²) in [5.74, 6) is 2.24. The highest BCUT2D eigenvalue weighted by Crippen LogP contribution is 2.30. The van der Waals surface area contributed by atoms with E-state index in [0.29, 0.717) is 5.75 Å². The number of aryl methyl sites for hydroxylation is 1. The number of ether oxygens (including phenoxy) is 2. The van der Waals surface area contributed by atoms with E-state index in [1.807, 2.05) is 43.3 Å². The summed E-state index contributed by atoms with van der Waals surface area (Å²) in [5, 5.41) is 0. The van der Waals surface area contributed by atoms with Crippen molar-refractivity contribution >= 4 is 11.0 Å². The van der Waals surface area contributed by atoms with Crippen LogP contribution in [0.3, 0.4) is 0 Å². The van der Waals surface area contributed by atoms with Crippen LogP contribution in [0.5, 0.6) is 11.5 Å². The molecule has 1 heterocycles. The van der Waals surface area contributed by atoms with Gasteiger partial charge in [0.05, 0.1) is 18.1 Å². The minimum Gasteiger partial charge on any atom is -0.493 e. The Morgan fingerprint density at radius 3 is 2.52 bits per heavy atom. The van der Waals surface area contributed by atoms with Gasteiger partial charge in [0.1, 0.15) is 5.82 Å². The second-order valence-corrected chi connectivity index (χ2v) is 5.00. The number of aromatic amines is 1. The van der Waals surface area contributed by atoms with Gasteiger partial charge >= 0.3 is 0 Å². The molecule has 108 valence electrons. The van der Waals surface area contributed by atoms with Crippen molar-refractivity contribution in [3.8, 4) is 11.5 Å². The van der Waals surface area contributed by atoms with E-state index in [2.05, 4.69) is 23.0 Å². The fraction of sp³-hybridized carbons (Fsp3) is 0.235. The van der Waals surface area contributed by atoms with Gasteiger partial charge < -0.3 is 14.5 Å². The van der Waals surface area contributed by atoms with E-state index in [1.165, 1.54) is 0 Å². The van der Waals surface area contributed by atoms with Crippen LogP contribution in [0.25, 0.3) is 11.0 Å². The van der Waals surface area contributed by atoms with E-state index in [9.17, 15) is 0 Å².